The highest BCUT2D eigenvalue weighted by Crippen LogP contribution is 2.44. The molecule has 0 unspecified atom stereocenters. The molecular formula is C47H62FN9O7S. The molecule has 0 aliphatic carbocycles. The number of halogens is 1. The molecule has 7 heterocycles. The van der Waals surface area contributed by atoms with E-state index in [1.165, 1.54) is 16.3 Å². The zero-order chi connectivity index (χ0) is 46.3. The third-order valence-corrected chi connectivity index (χ3v) is 14.0. The number of carbonyl (C=O) groups is 4. The SMILES string of the molecule is CCn1c(-c2cc(N3CCOCC3)cnc2[C@H](C)OC)c2c3cc(c(F)cc31)-c1csc(n1)C[C@H](NC(=O)[C@H](C(C)C)N1CCN(C)C1=O)C(=O)N1CCC[C@H](N1)C(=O)OCC(C)(C)C2. The Bertz CT molecular complexity index is 2450. The molecule has 4 amide bonds. The molecule has 3 fully saturated rings. The van der Waals surface area contributed by atoms with Crippen molar-refractivity contribution in [3.8, 4) is 22.5 Å². The molecular weight excluding hydrogens is 854 g/mol. The lowest BCUT2D eigenvalue weighted by Crippen LogP contribution is -2.62. The van der Waals surface area contributed by atoms with E-state index in [0.29, 0.717) is 80.4 Å². The Labute approximate surface area is 383 Å². The summed E-state index contributed by atoms with van der Waals surface area (Å²) in [4.78, 5) is 71.1. The van der Waals surface area contributed by atoms with Crippen LogP contribution in [0.4, 0.5) is 14.9 Å². The minimum Gasteiger partial charge on any atom is -0.464 e. The van der Waals surface area contributed by atoms with Crippen molar-refractivity contribution in [2.24, 2.45) is 11.3 Å². The van der Waals surface area contributed by atoms with Crippen LogP contribution in [0.25, 0.3) is 33.4 Å². The summed E-state index contributed by atoms with van der Waals surface area (Å²) in [5, 5.41) is 7.48. The third kappa shape index (κ3) is 9.31. The predicted octanol–water partition coefficient (Wildman–Crippen LogP) is 5.57. The number of pyridine rings is 1. The Balaban J connectivity index is 1.26. The molecule has 65 heavy (non-hydrogen) atoms. The lowest BCUT2D eigenvalue weighted by Gasteiger charge is -2.36. The van der Waals surface area contributed by atoms with Gasteiger partial charge in [-0.05, 0) is 62.8 Å². The normalized spacial score (nSPS) is 21.8. The lowest BCUT2D eigenvalue weighted by molar-refractivity contribution is -0.155. The summed E-state index contributed by atoms with van der Waals surface area (Å²) in [7, 11) is 3.35. The van der Waals surface area contributed by atoms with Crippen molar-refractivity contribution in [2.75, 3.05) is 71.6 Å². The summed E-state index contributed by atoms with van der Waals surface area (Å²) >= 11 is 1.27. The molecule has 1 aromatic carbocycles. The minimum atomic E-state index is -1.12. The number of methoxy groups -OCH3 is 1. The van der Waals surface area contributed by atoms with Crippen LogP contribution in [0, 0.1) is 17.2 Å². The Hall–Kier alpha value is -5.17. The first-order chi connectivity index (χ1) is 31.1. The molecule has 4 aliphatic heterocycles. The average Bonchev–Trinajstić information content (AvgIpc) is 3.98. The number of ether oxygens (including phenoxy) is 3. The Kier molecular flexibility index (Phi) is 13.5. The van der Waals surface area contributed by atoms with Crippen LogP contribution in [0.1, 0.15) is 76.8 Å². The van der Waals surface area contributed by atoms with Crippen LogP contribution in [0.15, 0.2) is 29.8 Å². The van der Waals surface area contributed by atoms with Gasteiger partial charge in [0.05, 0.1) is 65.4 Å². The fourth-order valence-electron chi connectivity index (χ4n) is 9.62. The van der Waals surface area contributed by atoms with E-state index >= 15 is 4.39 Å². The minimum absolute atomic E-state index is 0.00615. The third-order valence-electron chi connectivity index (χ3n) is 13.2. The lowest BCUT2D eigenvalue weighted by atomic mass is 9.84. The Morgan fingerprint density at radius 2 is 1.85 bits per heavy atom. The number of hydrogen-bond donors (Lipinski definition) is 2. The number of hydrazine groups is 1. The maximum absolute atomic E-state index is 16.8. The number of esters is 1. The number of nitrogens with zero attached hydrogens (tertiary/aromatic N) is 7. The molecule has 0 spiro atoms. The van der Waals surface area contributed by atoms with E-state index in [9.17, 15) is 19.2 Å². The monoisotopic (exact) mass is 915 g/mol. The molecule has 4 aliphatic rings. The summed E-state index contributed by atoms with van der Waals surface area (Å²) in [5.41, 5.74) is 8.29. The number of rotatable bonds is 9. The quantitative estimate of drug-likeness (QED) is 0.202. The van der Waals surface area contributed by atoms with Gasteiger partial charge in [-0.2, -0.15) is 0 Å². The molecule has 3 aromatic heterocycles. The number of aromatic nitrogens is 3. The van der Waals surface area contributed by atoms with E-state index < -0.39 is 47.1 Å². The summed E-state index contributed by atoms with van der Waals surface area (Å²) in [6.45, 7) is 16.2. The molecule has 16 nitrogen and oxygen atoms in total. The van der Waals surface area contributed by atoms with Crippen molar-refractivity contribution >= 4 is 51.7 Å². The zero-order valence-corrected chi connectivity index (χ0v) is 39.6. The van der Waals surface area contributed by atoms with Gasteiger partial charge >= 0.3 is 12.0 Å². The molecule has 8 rings (SSSR count). The van der Waals surface area contributed by atoms with Crippen molar-refractivity contribution in [2.45, 2.75) is 98.0 Å². The van der Waals surface area contributed by atoms with Gasteiger partial charge in [-0.3, -0.25) is 24.4 Å². The van der Waals surface area contributed by atoms with Gasteiger partial charge in [0.25, 0.3) is 5.91 Å². The molecule has 0 saturated carbocycles. The van der Waals surface area contributed by atoms with Crippen LogP contribution in [-0.4, -0.2) is 138 Å². The smallest absolute Gasteiger partial charge is 0.324 e. The van der Waals surface area contributed by atoms with Crippen molar-refractivity contribution in [1.82, 2.24) is 40.1 Å². The standard InChI is InChI=1S/C47H62FN9O7S/c1-9-55-38-21-34(48)31-20-30(38)33(42(55)32-19-29(54-15-17-63-18-16-54)24-49-40(32)28(4)62-8)23-47(5,6)26-64-45(60)35-11-10-12-57(52-35)44(59)36(22-39-50-37(31)25-65-39)51-43(58)41(27(2)3)56-14-13-53(7)46(56)61/h19-21,24-25,27-28,35-36,41,52H,9-18,22-23,26H2,1-8H3,(H,51,58)/t28-,35-,36-,41-/m0/s1. The number of urea groups is 1. The molecule has 4 atom stereocenters. The maximum Gasteiger partial charge on any atom is 0.324 e. The van der Waals surface area contributed by atoms with E-state index in [2.05, 4.69) is 26.3 Å². The van der Waals surface area contributed by atoms with Gasteiger partial charge in [-0.1, -0.05) is 27.7 Å². The second-order valence-electron chi connectivity index (χ2n) is 18.8. The highest BCUT2D eigenvalue weighted by molar-refractivity contribution is 7.10. The van der Waals surface area contributed by atoms with Gasteiger partial charge in [0.15, 0.2) is 0 Å². The average molecular weight is 916 g/mol. The molecule has 3 saturated heterocycles. The van der Waals surface area contributed by atoms with Gasteiger partial charge in [0.2, 0.25) is 5.91 Å². The topological polar surface area (TPSA) is 164 Å². The molecule has 0 radical (unpaired) electrons. The number of cyclic esters (lactones) is 1. The van der Waals surface area contributed by atoms with E-state index in [1.807, 2.05) is 53.8 Å². The highest BCUT2D eigenvalue weighted by atomic mass is 32.1. The van der Waals surface area contributed by atoms with Gasteiger partial charge in [-0.25, -0.2) is 19.6 Å². The van der Waals surface area contributed by atoms with Gasteiger partial charge in [0, 0.05) is 87.2 Å². The van der Waals surface area contributed by atoms with Crippen LogP contribution < -0.4 is 15.6 Å². The van der Waals surface area contributed by atoms with Crippen molar-refractivity contribution in [1.29, 1.82) is 0 Å². The molecule has 18 heteroatoms. The highest BCUT2D eigenvalue weighted by Gasteiger charge is 2.41. The molecule has 350 valence electrons. The number of carbonyl (C=O) groups excluding carboxylic acids is 4. The van der Waals surface area contributed by atoms with Crippen LogP contribution in [0.2, 0.25) is 0 Å². The maximum atomic E-state index is 16.8. The van der Waals surface area contributed by atoms with Gasteiger partial charge in [0.1, 0.15) is 23.9 Å². The first-order valence-corrected chi connectivity index (χ1v) is 23.7. The number of thiazole rings is 1. The summed E-state index contributed by atoms with van der Waals surface area (Å²) < 4.78 is 36.6. The van der Waals surface area contributed by atoms with Crippen LogP contribution in [0.3, 0.4) is 0 Å². The molecule has 4 aromatic rings. The van der Waals surface area contributed by atoms with Gasteiger partial charge < -0.3 is 38.8 Å². The fourth-order valence-corrected chi connectivity index (χ4v) is 10.5. The number of aryl methyl sites for hydroxylation is 1. The number of benzene rings is 1. The van der Waals surface area contributed by atoms with Gasteiger partial charge in [-0.15, -0.1) is 11.3 Å². The van der Waals surface area contributed by atoms with E-state index in [4.69, 9.17) is 24.2 Å². The number of likely N-dealkylation sites (N-methyl/N-ethyl adjacent to an activating group) is 1. The Morgan fingerprint density at radius 1 is 1.08 bits per heavy atom. The molecule has 6 bridgehead atoms. The number of nitrogens with one attached hydrogen (secondary N) is 2. The first kappa shape index (κ1) is 46.4. The number of amides is 4. The Morgan fingerprint density at radius 3 is 2.54 bits per heavy atom. The van der Waals surface area contributed by atoms with Crippen LogP contribution in [0.5, 0.6) is 0 Å². The van der Waals surface area contributed by atoms with Crippen molar-refractivity contribution in [3.05, 3.63) is 51.9 Å². The zero-order valence-electron chi connectivity index (χ0n) is 38.7. The fraction of sp³-hybridized carbons (Fsp3) is 0.574. The number of morpholine rings is 1. The first-order valence-electron chi connectivity index (χ1n) is 22.8. The predicted molar refractivity (Wildman–Crippen MR) is 246 cm³/mol. The molecule has 2 N–H and O–H groups in total. The summed E-state index contributed by atoms with van der Waals surface area (Å²) in [5.74, 6) is -2.13. The summed E-state index contributed by atoms with van der Waals surface area (Å²) in [6.07, 6.45) is 2.94. The van der Waals surface area contributed by atoms with Crippen molar-refractivity contribution < 1.29 is 37.8 Å². The number of hydrogen-bond acceptors (Lipinski definition) is 12. The van der Waals surface area contributed by atoms with Crippen LogP contribution in [-0.2, 0) is 48.0 Å². The second-order valence-corrected chi connectivity index (χ2v) is 19.7. The van der Waals surface area contributed by atoms with E-state index in [1.54, 1.807) is 35.4 Å². The number of anilines is 1. The summed E-state index contributed by atoms with van der Waals surface area (Å²) in [6, 6.07) is 2.57. The van der Waals surface area contributed by atoms with Crippen molar-refractivity contribution in [3.63, 3.8) is 0 Å². The number of fused-ring (bicyclic) bond motifs is 6. The van der Waals surface area contributed by atoms with Crippen LogP contribution >= 0.6 is 11.3 Å². The second kappa shape index (κ2) is 19.0. The largest absolute Gasteiger partial charge is 0.464 e. The van der Waals surface area contributed by atoms with E-state index in [-0.39, 0.29) is 31.1 Å². The van der Waals surface area contributed by atoms with E-state index in [0.717, 1.165) is 46.7 Å².